The van der Waals surface area contributed by atoms with E-state index in [1.165, 1.54) is 13.8 Å². The topological polar surface area (TPSA) is 102 Å². The Labute approximate surface area is 252 Å². The number of amides is 2. The minimum absolute atomic E-state index is 0.0640. The molecule has 43 heavy (non-hydrogen) atoms. The molecule has 2 aromatic rings. The number of para-hydroxylation sites is 2. The number of rotatable bonds is 4. The first-order chi connectivity index (χ1) is 19.8. The summed E-state index contributed by atoms with van der Waals surface area (Å²) in [6, 6.07) is 14.7. The third-order valence-electron chi connectivity index (χ3n) is 10.5. The Balaban J connectivity index is 1.71. The van der Waals surface area contributed by atoms with Crippen LogP contribution in [0.2, 0.25) is 0 Å². The second-order valence-electron chi connectivity index (χ2n) is 13.3. The summed E-state index contributed by atoms with van der Waals surface area (Å²) in [7, 11) is 1.69. The van der Waals surface area contributed by atoms with Crippen molar-refractivity contribution in [1.29, 1.82) is 0 Å². The smallest absolute Gasteiger partial charge is 0.303 e. The van der Waals surface area contributed by atoms with Crippen LogP contribution < -0.4 is 9.80 Å². The molecule has 0 N–H and O–H groups in total. The van der Waals surface area contributed by atoms with Crippen molar-refractivity contribution in [3.63, 3.8) is 0 Å². The van der Waals surface area contributed by atoms with Crippen LogP contribution in [0.3, 0.4) is 0 Å². The molecular formula is C34H40N2O7. The maximum atomic E-state index is 14.5. The molecule has 0 bridgehead atoms. The van der Waals surface area contributed by atoms with Crippen LogP contribution in [-0.4, -0.2) is 59.7 Å². The SMILES string of the molecule is CC(=O)OC1(C)C(C)(CN2C(=O)/C(=C3/C(=O)N(C)c4ccccc43)c3ccccc32)OC(C)(C)C(C)(C)C1(C)OC(C)=O. The molecular weight excluding hydrogens is 548 g/mol. The molecule has 0 aromatic heterocycles. The lowest BCUT2D eigenvalue weighted by Crippen LogP contribution is -2.82. The number of anilines is 2. The highest BCUT2D eigenvalue weighted by atomic mass is 16.6. The van der Waals surface area contributed by atoms with Gasteiger partial charge in [-0.25, -0.2) is 0 Å². The largest absolute Gasteiger partial charge is 0.454 e. The van der Waals surface area contributed by atoms with Crippen molar-refractivity contribution < 1.29 is 33.4 Å². The monoisotopic (exact) mass is 588 g/mol. The highest BCUT2D eigenvalue weighted by Gasteiger charge is 2.76. The second kappa shape index (κ2) is 9.51. The van der Waals surface area contributed by atoms with E-state index in [2.05, 4.69) is 0 Å². The lowest BCUT2D eigenvalue weighted by Gasteiger charge is -2.68. The van der Waals surface area contributed by atoms with Crippen molar-refractivity contribution in [3.05, 3.63) is 59.7 Å². The van der Waals surface area contributed by atoms with Gasteiger partial charge in [0.1, 0.15) is 5.60 Å². The van der Waals surface area contributed by atoms with Gasteiger partial charge in [-0.15, -0.1) is 0 Å². The lowest BCUT2D eigenvalue weighted by molar-refractivity contribution is -0.374. The predicted octanol–water partition coefficient (Wildman–Crippen LogP) is 5.16. The summed E-state index contributed by atoms with van der Waals surface area (Å²) in [5.74, 6) is -1.76. The molecule has 2 aromatic carbocycles. The van der Waals surface area contributed by atoms with Crippen molar-refractivity contribution in [2.24, 2.45) is 5.41 Å². The van der Waals surface area contributed by atoms with Crippen molar-refractivity contribution >= 4 is 46.3 Å². The van der Waals surface area contributed by atoms with Gasteiger partial charge < -0.3 is 24.0 Å². The molecule has 3 heterocycles. The van der Waals surface area contributed by atoms with Crippen molar-refractivity contribution in [2.45, 2.75) is 84.7 Å². The Morgan fingerprint density at radius 2 is 1.19 bits per heavy atom. The van der Waals surface area contributed by atoms with E-state index in [0.717, 1.165) is 5.69 Å². The van der Waals surface area contributed by atoms with E-state index in [-0.39, 0.29) is 18.4 Å². The highest BCUT2D eigenvalue weighted by molar-refractivity contribution is 6.49. The van der Waals surface area contributed by atoms with Gasteiger partial charge >= 0.3 is 11.9 Å². The van der Waals surface area contributed by atoms with E-state index in [1.807, 2.05) is 76.2 Å². The summed E-state index contributed by atoms with van der Waals surface area (Å²) in [6.45, 7) is 15.4. The Bertz CT molecular complexity index is 1610. The van der Waals surface area contributed by atoms with E-state index in [4.69, 9.17) is 14.2 Å². The molecule has 0 radical (unpaired) electrons. The zero-order valence-electron chi connectivity index (χ0n) is 26.6. The van der Waals surface area contributed by atoms with Crippen LogP contribution in [0.15, 0.2) is 48.5 Å². The Morgan fingerprint density at radius 3 is 1.74 bits per heavy atom. The van der Waals surface area contributed by atoms with Gasteiger partial charge in [0.25, 0.3) is 11.8 Å². The number of fused-ring (bicyclic) bond motifs is 2. The number of hydrogen-bond donors (Lipinski definition) is 0. The average Bonchev–Trinajstić information content (AvgIpc) is 3.31. The van der Waals surface area contributed by atoms with E-state index in [1.54, 1.807) is 37.6 Å². The summed E-state index contributed by atoms with van der Waals surface area (Å²) in [4.78, 5) is 56.6. The van der Waals surface area contributed by atoms with Gasteiger partial charge in [0.2, 0.25) is 0 Å². The van der Waals surface area contributed by atoms with Gasteiger partial charge in [-0.3, -0.25) is 19.2 Å². The van der Waals surface area contributed by atoms with E-state index in [0.29, 0.717) is 28.0 Å². The Hall–Kier alpha value is -3.98. The number of carbonyl (C=O) groups is 4. The van der Waals surface area contributed by atoms with Gasteiger partial charge in [0, 0.05) is 37.4 Å². The fourth-order valence-corrected chi connectivity index (χ4v) is 7.24. The molecule has 1 saturated heterocycles. The van der Waals surface area contributed by atoms with Crippen molar-refractivity contribution in [2.75, 3.05) is 23.4 Å². The highest BCUT2D eigenvalue weighted by Crippen LogP contribution is 2.61. The number of ether oxygens (including phenoxy) is 3. The van der Waals surface area contributed by atoms with Gasteiger partial charge in [-0.2, -0.15) is 0 Å². The standard InChI is InChI=1S/C34H40N2O7/c1-20(37)41-33(8)30(3,4)31(5,6)43-32(7,34(33,9)42-21(2)38)19-36-25-18-14-12-16-23(25)27(29(36)40)26-22-15-11-13-17-24(22)35(10)28(26)39/h11-18H,19H2,1-10H3/b27-26+. The first-order valence-electron chi connectivity index (χ1n) is 14.5. The minimum atomic E-state index is -1.56. The summed E-state index contributed by atoms with van der Waals surface area (Å²) in [5.41, 5.74) is -2.85. The summed E-state index contributed by atoms with van der Waals surface area (Å²) < 4.78 is 19.1. The summed E-state index contributed by atoms with van der Waals surface area (Å²) >= 11 is 0. The molecule has 3 aliphatic heterocycles. The number of nitrogens with zero attached hydrogens (tertiary/aromatic N) is 2. The van der Waals surface area contributed by atoms with Gasteiger partial charge in [-0.1, -0.05) is 50.2 Å². The average molecular weight is 589 g/mol. The van der Waals surface area contributed by atoms with Crippen LogP contribution in [0.25, 0.3) is 11.1 Å². The third kappa shape index (κ3) is 4.00. The molecule has 0 spiro atoms. The molecule has 0 saturated carbocycles. The maximum absolute atomic E-state index is 14.5. The fourth-order valence-electron chi connectivity index (χ4n) is 7.24. The molecule has 3 unspecified atom stereocenters. The second-order valence-corrected chi connectivity index (χ2v) is 13.3. The van der Waals surface area contributed by atoms with Crippen LogP contribution in [0, 0.1) is 5.41 Å². The lowest BCUT2D eigenvalue weighted by atomic mass is 9.53. The van der Waals surface area contributed by atoms with Crippen LogP contribution in [0.5, 0.6) is 0 Å². The number of likely N-dealkylation sites (N-methyl/N-ethyl adjacent to an activating group) is 1. The molecule has 3 aliphatic rings. The van der Waals surface area contributed by atoms with Crippen LogP contribution in [0.4, 0.5) is 11.4 Å². The van der Waals surface area contributed by atoms with Crippen LogP contribution >= 0.6 is 0 Å². The number of esters is 2. The Kier molecular flexibility index (Phi) is 6.74. The van der Waals surface area contributed by atoms with Gasteiger partial charge in [0.05, 0.1) is 34.7 Å². The molecule has 1 fully saturated rings. The molecule has 9 heteroatoms. The fraction of sp³-hybridized carbons (Fsp3) is 0.471. The first kappa shape index (κ1) is 30.5. The minimum Gasteiger partial charge on any atom is -0.454 e. The molecule has 2 amide bonds. The number of benzene rings is 2. The van der Waals surface area contributed by atoms with Crippen LogP contribution in [0.1, 0.15) is 73.4 Å². The van der Waals surface area contributed by atoms with E-state index >= 15 is 0 Å². The van der Waals surface area contributed by atoms with Crippen LogP contribution in [-0.2, 0) is 33.4 Å². The number of hydrogen-bond acceptors (Lipinski definition) is 7. The zero-order chi connectivity index (χ0) is 31.9. The van der Waals surface area contributed by atoms with E-state index < -0.39 is 39.8 Å². The summed E-state index contributed by atoms with van der Waals surface area (Å²) in [6.07, 6.45) is 0. The van der Waals surface area contributed by atoms with Gasteiger partial charge in [-0.05, 0) is 46.8 Å². The third-order valence-corrected chi connectivity index (χ3v) is 10.5. The van der Waals surface area contributed by atoms with Crippen molar-refractivity contribution in [1.82, 2.24) is 0 Å². The molecule has 5 rings (SSSR count). The molecule has 228 valence electrons. The van der Waals surface area contributed by atoms with Gasteiger partial charge in [0.15, 0.2) is 11.2 Å². The maximum Gasteiger partial charge on any atom is 0.303 e. The number of carbonyl (C=O) groups excluding carboxylic acids is 4. The molecule has 9 nitrogen and oxygen atoms in total. The first-order valence-corrected chi connectivity index (χ1v) is 14.5. The normalized spacial score (nSPS) is 30.7. The van der Waals surface area contributed by atoms with E-state index in [9.17, 15) is 19.2 Å². The quantitative estimate of drug-likeness (QED) is 0.359. The Morgan fingerprint density at radius 1 is 0.721 bits per heavy atom. The molecule has 0 aliphatic carbocycles. The van der Waals surface area contributed by atoms with Crippen molar-refractivity contribution in [3.8, 4) is 0 Å². The predicted molar refractivity (Wildman–Crippen MR) is 163 cm³/mol. The zero-order valence-corrected chi connectivity index (χ0v) is 26.6. The molecule has 3 atom stereocenters. The summed E-state index contributed by atoms with van der Waals surface area (Å²) in [5, 5.41) is 0.